The van der Waals surface area contributed by atoms with Gasteiger partial charge in [-0.25, -0.2) is 0 Å². The summed E-state index contributed by atoms with van der Waals surface area (Å²) < 4.78 is 1.08. The Bertz CT molecular complexity index is 464. The third-order valence-corrected chi connectivity index (χ3v) is 5.19. The van der Waals surface area contributed by atoms with Gasteiger partial charge in [0.2, 0.25) is 0 Å². The Kier molecular flexibility index (Phi) is 4.10. The van der Waals surface area contributed by atoms with E-state index in [4.69, 9.17) is 0 Å². The lowest BCUT2D eigenvalue weighted by atomic mass is 9.93. The van der Waals surface area contributed by atoms with E-state index in [2.05, 4.69) is 27.5 Å². The van der Waals surface area contributed by atoms with Crippen LogP contribution in [0.3, 0.4) is 0 Å². The minimum absolute atomic E-state index is 0.263. The summed E-state index contributed by atoms with van der Waals surface area (Å²) in [6, 6.07) is 8.99. The molecule has 1 amide bonds. The van der Waals surface area contributed by atoms with Crippen molar-refractivity contribution in [3.8, 4) is 0 Å². The number of carbonyl (C=O) groups is 1. The predicted molar refractivity (Wildman–Crippen MR) is 85.2 cm³/mol. The molecule has 0 aromatic heterocycles. The van der Waals surface area contributed by atoms with Gasteiger partial charge in [0.1, 0.15) is 0 Å². The number of hydrogen-bond acceptors (Lipinski definition) is 1. The Labute approximate surface area is 128 Å². The molecule has 0 bridgehead atoms. The molecule has 19 heavy (non-hydrogen) atoms. The minimum Gasteiger partial charge on any atom is -0.333 e. The molecule has 2 saturated carbocycles. The first kappa shape index (κ1) is 13.4. The zero-order valence-electron chi connectivity index (χ0n) is 11.1. The first-order chi connectivity index (χ1) is 9.27. The smallest absolute Gasteiger partial charge is 0.255 e. The fourth-order valence-electron chi connectivity index (χ4n) is 3.12. The van der Waals surface area contributed by atoms with Crippen LogP contribution in [0.1, 0.15) is 55.3 Å². The highest BCUT2D eigenvalue weighted by atomic mass is 127. The Morgan fingerprint density at radius 3 is 2.26 bits per heavy atom. The van der Waals surface area contributed by atoms with Crippen LogP contribution < -0.4 is 0 Å². The molecule has 1 aromatic rings. The van der Waals surface area contributed by atoms with E-state index >= 15 is 0 Å². The van der Waals surface area contributed by atoms with Crippen molar-refractivity contribution in [3.63, 3.8) is 0 Å². The van der Waals surface area contributed by atoms with Crippen molar-refractivity contribution >= 4 is 28.5 Å². The molecular formula is C16H20INO. The van der Waals surface area contributed by atoms with Crippen molar-refractivity contribution in [2.75, 3.05) is 0 Å². The molecule has 0 aliphatic heterocycles. The average molecular weight is 369 g/mol. The molecule has 0 radical (unpaired) electrons. The molecule has 3 heteroatoms. The van der Waals surface area contributed by atoms with Crippen molar-refractivity contribution in [2.45, 2.75) is 57.0 Å². The molecule has 0 N–H and O–H groups in total. The minimum atomic E-state index is 0.263. The Balaban J connectivity index is 1.83. The second-order valence-electron chi connectivity index (χ2n) is 5.72. The molecule has 2 nitrogen and oxygen atoms in total. The Morgan fingerprint density at radius 1 is 1.00 bits per heavy atom. The van der Waals surface area contributed by atoms with Gasteiger partial charge in [0.15, 0.2) is 0 Å². The van der Waals surface area contributed by atoms with Crippen molar-refractivity contribution in [2.24, 2.45) is 0 Å². The van der Waals surface area contributed by atoms with Crippen molar-refractivity contribution < 1.29 is 4.79 Å². The van der Waals surface area contributed by atoms with Gasteiger partial charge in [-0.3, -0.25) is 4.79 Å². The summed E-state index contributed by atoms with van der Waals surface area (Å²) in [5.41, 5.74) is 0.889. The molecule has 0 saturated heterocycles. The van der Waals surface area contributed by atoms with E-state index in [9.17, 15) is 4.79 Å². The molecule has 3 rings (SSSR count). The van der Waals surface area contributed by atoms with Crippen LogP contribution >= 0.6 is 22.6 Å². The summed E-state index contributed by atoms with van der Waals surface area (Å²) in [7, 11) is 0. The fourth-order valence-corrected chi connectivity index (χ4v) is 3.73. The Morgan fingerprint density at radius 2 is 1.63 bits per heavy atom. The van der Waals surface area contributed by atoms with Gasteiger partial charge in [0.25, 0.3) is 5.91 Å². The van der Waals surface area contributed by atoms with Crippen LogP contribution in [0.5, 0.6) is 0 Å². The highest BCUT2D eigenvalue weighted by Gasteiger charge is 2.38. The van der Waals surface area contributed by atoms with Crippen LogP contribution in [0.25, 0.3) is 0 Å². The lowest BCUT2D eigenvalue weighted by Gasteiger charge is -2.35. The lowest BCUT2D eigenvalue weighted by molar-refractivity contribution is 0.0613. The van der Waals surface area contributed by atoms with Crippen molar-refractivity contribution in [1.29, 1.82) is 0 Å². The first-order valence-corrected chi connectivity index (χ1v) is 8.42. The molecule has 102 valence electrons. The summed E-state index contributed by atoms with van der Waals surface area (Å²) in [5.74, 6) is 0.263. The van der Waals surface area contributed by atoms with Crippen LogP contribution in [0, 0.1) is 3.57 Å². The number of amides is 1. The molecule has 1 aromatic carbocycles. The molecule has 0 heterocycles. The third kappa shape index (κ3) is 2.96. The van der Waals surface area contributed by atoms with Gasteiger partial charge >= 0.3 is 0 Å². The van der Waals surface area contributed by atoms with E-state index in [0.29, 0.717) is 12.1 Å². The van der Waals surface area contributed by atoms with Crippen LogP contribution in [0.2, 0.25) is 0 Å². The standard InChI is InChI=1S/C16H20INO/c17-15-9-5-4-8-14(15)16(19)18(13-10-11-13)12-6-2-1-3-7-12/h4-5,8-9,12-13H,1-3,6-7,10-11H2. The summed E-state index contributed by atoms with van der Waals surface area (Å²) >= 11 is 2.28. The highest BCUT2D eigenvalue weighted by molar-refractivity contribution is 14.1. The number of benzene rings is 1. The quantitative estimate of drug-likeness (QED) is 0.731. The number of halogens is 1. The van der Waals surface area contributed by atoms with E-state index in [1.807, 2.05) is 24.3 Å². The van der Waals surface area contributed by atoms with Crippen molar-refractivity contribution in [3.05, 3.63) is 33.4 Å². The van der Waals surface area contributed by atoms with Crippen LogP contribution in [0.15, 0.2) is 24.3 Å². The van der Waals surface area contributed by atoms with Crippen LogP contribution in [-0.4, -0.2) is 22.9 Å². The first-order valence-electron chi connectivity index (χ1n) is 7.34. The maximum atomic E-state index is 12.9. The topological polar surface area (TPSA) is 20.3 Å². The highest BCUT2D eigenvalue weighted by Crippen LogP contribution is 2.35. The van der Waals surface area contributed by atoms with E-state index in [0.717, 1.165) is 9.13 Å². The fraction of sp³-hybridized carbons (Fsp3) is 0.562. The summed E-state index contributed by atoms with van der Waals surface area (Å²) in [6.45, 7) is 0. The second kappa shape index (κ2) is 5.81. The second-order valence-corrected chi connectivity index (χ2v) is 6.88. The maximum absolute atomic E-state index is 12.9. The van der Waals surface area contributed by atoms with Gasteiger partial charge in [0.05, 0.1) is 5.56 Å². The van der Waals surface area contributed by atoms with E-state index in [-0.39, 0.29) is 5.91 Å². The molecule has 2 aliphatic carbocycles. The number of nitrogens with zero attached hydrogens (tertiary/aromatic N) is 1. The van der Waals surface area contributed by atoms with E-state index < -0.39 is 0 Å². The summed E-state index contributed by atoms with van der Waals surface area (Å²) in [4.78, 5) is 15.1. The van der Waals surface area contributed by atoms with Gasteiger partial charge in [0, 0.05) is 15.7 Å². The predicted octanol–water partition coefficient (Wildman–Crippen LogP) is 4.23. The van der Waals surface area contributed by atoms with Crippen LogP contribution in [-0.2, 0) is 0 Å². The normalized spacial score (nSPS) is 20.3. The molecule has 2 aliphatic rings. The SMILES string of the molecule is O=C(c1ccccc1I)N(C1CCCCC1)C1CC1. The third-order valence-electron chi connectivity index (χ3n) is 4.25. The number of hydrogen-bond donors (Lipinski definition) is 0. The van der Waals surface area contributed by atoms with E-state index in [1.54, 1.807) is 0 Å². The summed E-state index contributed by atoms with van der Waals surface area (Å²) in [6.07, 6.45) is 8.71. The van der Waals surface area contributed by atoms with Crippen LogP contribution in [0.4, 0.5) is 0 Å². The Hall–Kier alpha value is -0.580. The van der Waals surface area contributed by atoms with E-state index in [1.165, 1.54) is 44.9 Å². The molecule has 0 atom stereocenters. The number of rotatable bonds is 3. The zero-order valence-corrected chi connectivity index (χ0v) is 13.3. The number of carbonyl (C=O) groups excluding carboxylic acids is 1. The largest absolute Gasteiger partial charge is 0.333 e. The molecule has 0 spiro atoms. The summed E-state index contributed by atoms with van der Waals surface area (Å²) in [5, 5.41) is 0. The molecular weight excluding hydrogens is 349 g/mol. The lowest BCUT2D eigenvalue weighted by Crippen LogP contribution is -2.43. The molecule has 2 fully saturated rings. The average Bonchev–Trinajstić information content (AvgIpc) is 3.25. The monoisotopic (exact) mass is 369 g/mol. The van der Waals surface area contributed by atoms with Gasteiger partial charge < -0.3 is 4.90 Å². The molecule has 0 unspecified atom stereocenters. The maximum Gasteiger partial charge on any atom is 0.255 e. The van der Waals surface area contributed by atoms with Crippen molar-refractivity contribution in [1.82, 2.24) is 4.90 Å². The van der Waals surface area contributed by atoms with Gasteiger partial charge in [-0.1, -0.05) is 31.4 Å². The van der Waals surface area contributed by atoms with Gasteiger partial charge in [-0.05, 0) is 60.4 Å². The van der Waals surface area contributed by atoms with Gasteiger partial charge in [-0.15, -0.1) is 0 Å². The van der Waals surface area contributed by atoms with Gasteiger partial charge in [-0.2, -0.15) is 0 Å². The zero-order chi connectivity index (χ0) is 13.2.